The summed E-state index contributed by atoms with van der Waals surface area (Å²) in [6, 6.07) is 15.8. The number of rotatable bonds is 7. The molecule has 1 aromatic carbocycles. The van der Waals surface area contributed by atoms with E-state index in [-0.39, 0.29) is 5.91 Å². The van der Waals surface area contributed by atoms with Crippen molar-refractivity contribution in [3.8, 4) is 0 Å². The molecule has 26 heavy (non-hydrogen) atoms. The first-order valence-corrected chi connectivity index (χ1v) is 8.55. The quantitative estimate of drug-likeness (QED) is 0.712. The number of benzene rings is 1. The minimum absolute atomic E-state index is 0.263. The van der Waals surface area contributed by atoms with Crippen molar-refractivity contribution in [2.24, 2.45) is 0 Å². The van der Waals surface area contributed by atoms with Crippen LogP contribution in [-0.2, 0) is 13.1 Å². The molecular weight excluding hydrogens is 326 g/mol. The highest BCUT2D eigenvalue weighted by Crippen LogP contribution is 2.13. The van der Waals surface area contributed by atoms with Gasteiger partial charge in [-0.3, -0.25) is 9.78 Å². The normalized spacial score (nSPS) is 10.3. The molecule has 0 unspecified atom stereocenters. The number of aromatic nitrogens is 3. The molecule has 0 radical (unpaired) electrons. The van der Waals surface area contributed by atoms with Crippen LogP contribution in [0.5, 0.6) is 0 Å². The van der Waals surface area contributed by atoms with Gasteiger partial charge in [-0.05, 0) is 24.6 Å². The SMILES string of the molecule is CCN(Cc1ccccc1)c1cnc(C(=O)NCc2ccccn2)cn1. The largest absolute Gasteiger partial charge is 0.351 e. The Morgan fingerprint density at radius 3 is 2.46 bits per heavy atom. The molecule has 1 N–H and O–H groups in total. The number of amides is 1. The molecule has 6 heteroatoms. The molecule has 0 bridgehead atoms. The Hall–Kier alpha value is -3.28. The van der Waals surface area contributed by atoms with Gasteiger partial charge in [0, 0.05) is 19.3 Å². The number of anilines is 1. The Kier molecular flexibility index (Phi) is 5.88. The van der Waals surface area contributed by atoms with Crippen molar-refractivity contribution in [1.82, 2.24) is 20.3 Å². The first-order chi connectivity index (χ1) is 12.8. The van der Waals surface area contributed by atoms with Crippen molar-refractivity contribution in [2.45, 2.75) is 20.0 Å². The van der Waals surface area contributed by atoms with Crippen molar-refractivity contribution < 1.29 is 4.79 Å². The molecule has 0 spiro atoms. The van der Waals surface area contributed by atoms with Gasteiger partial charge in [0.1, 0.15) is 11.5 Å². The number of hydrogen-bond donors (Lipinski definition) is 1. The minimum atomic E-state index is -0.263. The second kappa shape index (κ2) is 8.71. The lowest BCUT2D eigenvalue weighted by molar-refractivity contribution is 0.0945. The second-order valence-corrected chi connectivity index (χ2v) is 5.76. The van der Waals surface area contributed by atoms with Gasteiger partial charge in [0.15, 0.2) is 0 Å². The number of carbonyl (C=O) groups excluding carboxylic acids is 1. The van der Waals surface area contributed by atoms with Crippen LogP contribution < -0.4 is 10.2 Å². The van der Waals surface area contributed by atoms with Crippen molar-refractivity contribution >= 4 is 11.7 Å². The number of pyridine rings is 1. The van der Waals surface area contributed by atoms with Gasteiger partial charge in [0.25, 0.3) is 5.91 Å². The highest BCUT2D eigenvalue weighted by atomic mass is 16.1. The summed E-state index contributed by atoms with van der Waals surface area (Å²) in [5.41, 5.74) is 2.29. The summed E-state index contributed by atoms with van der Waals surface area (Å²) in [6.45, 7) is 3.97. The number of nitrogens with one attached hydrogen (secondary N) is 1. The molecule has 6 nitrogen and oxygen atoms in total. The zero-order valence-corrected chi connectivity index (χ0v) is 14.7. The lowest BCUT2D eigenvalue weighted by atomic mass is 10.2. The van der Waals surface area contributed by atoms with Crippen molar-refractivity contribution in [3.63, 3.8) is 0 Å². The van der Waals surface area contributed by atoms with E-state index in [1.54, 1.807) is 12.4 Å². The molecule has 0 aliphatic carbocycles. The van der Waals surface area contributed by atoms with Crippen LogP contribution >= 0.6 is 0 Å². The van der Waals surface area contributed by atoms with E-state index in [0.29, 0.717) is 12.2 Å². The van der Waals surface area contributed by atoms with Crippen LogP contribution in [-0.4, -0.2) is 27.4 Å². The fraction of sp³-hybridized carbons (Fsp3) is 0.200. The molecule has 0 atom stereocenters. The minimum Gasteiger partial charge on any atom is -0.351 e. The first-order valence-electron chi connectivity index (χ1n) is 8.55. The summed E-state index contributed by atoms with van der Waals surface area (Å²) in [7, 11) is 0. The predicted molar refractivity (Wildman–Crippen MR) is 101 cm³/mol. The molecule has 1 amide bonds. The lowest BCUT2D eigenvalue weighted by Crippen LogP contribution is -2.26. The van der Waals surface area contributed by atoms with Gasteiger partial charge < -0.3 is 10.2 Å². The van der Waals surface area contributed by atoms with Gasteiger partial charge in [-0.15, -0.1) is 0 Å². The van der Waals surface area contributed by atoms with Gasteiger partial charge in [0.05, 0.1) is 24.6 Å². The van der Waals surface area contributed by atoms with E-state index in [1.807, 2.05) is 36.4 Å². The fourth-order valence-corrected chi connectivity index (χ4v) is 2.52. The summed E-state index contributed by atoms with van der Waals surface area (Å²) in [5.74, 6) is 0.485. The summed E-state index contributed by atoms with van der Waals surface area (Å²) >= 11 is 0. The number of hydrogen-bond acceptors (Lipinski definition) is 5. The Bertz CT molecular complexity index is 822. The Labute approximate surface area is 153 Å². The third kappa shape index (κ3) is 4.63. The maximum absolute atomic E-state index is 12.2. The average Bonchev–Trinajstić information content (AvgIpc) is 2.72. The van der Waals surface area contributed by atoms with Gasteiger partial charge in [0.2, 0.25) is 0 Å². The molecule has 0 aliphatic heterocycles. The molecule has 0 fully saturated rings. The molecule has 3 aromatic rings. The molecule has 3 rings (SSSR count). The zero-order chi connectivity index (χ0) is 18.2. The van der Waals surface area contributed by atoms with E-state index in [0.717, 1.165) is 24.6 Å². The predicted octanol–water partition coefficient (Wildman–Crippen LogP) is 2.83. The standard InChI is InChI=1S/C20H21N5O/c1-2-25(15-16-8-4-3-5-9-16)19-14-22-18(13-23-19)20(26)24-12-17-10-6-7-11-21-17/h3-11,13-14H,2,12,15H2,1H3,(H,24,26). The average molecular weight is 347 g/mol. The van der Waals surface area contributed by atoms with E-state index < -0.39 is 0 Å². The highest BCUT2D eigenvalue weighted by Gasteiger charge is 2.11. The van der Waals surface area contributed by atoms with Crippen LogP contribution in [0.3, 0.4) is 0 Å². The van der Waals surface area contributed by atoms with Gasteiger partial charge in [-0.2, -0.15) is 0 Å². The summed E-state index contributed by atoms with van der Waals surface area (Å²) in [6.07, 6.45) is 4.85. The molecule has 0 saturated heterocycles. The van der Waals surface area contributed by atoms with Gasteiger partial charge in [-0.25, -0.2) is 9.97 Å². The molecule has 2 aromatic heterocycles. The number of nitrogens with zero attached hydrogens (tertiary/aromatic N) is 4. The van der Waals surface area contributed by atoms with Gasteiger partial charge >= 0.3 is 0 Å². The first kappa shape index (κ1) is 17.5. The van der Waals surface area contributed by atoms with E-state index in [2.05, 4.69) is 44.2 Å². The fourth-order valence-electron chi connectivity index (χ4n) is 2.52. The third-order valence-corrected chi connectivity index (χ3v) is 3.95. The van der Waals surface area contributed by atoms with Crippen LogP contribution in [0.4, 0.5) is 5.82 Å². The second-order valence-electron chi connectivity index (χ2n) is 5.76. The van der Waals surface area contributed by atoms with Gasteiger partial charge in [-0.1, -0.05) is 36.4 Å². The van der Waals surface area contributed by atoms with Crippen molar-refractivity contribution in [1.29, 1.82) is 0 Å². The van der Waals surface area contributed by atoms with Crippen LogP contribution in [0.2, 0.25) is 0 Å². The van der Waals surface area contributed by atoms with E-state index in [1.165, 1.54) is 11.8 Å². The smallest absolute Gasteiger partial charge is 0.271 e. The molecule has 0 saturated carbocycles. The Morgan fingerprint density at radius 2 is 1.81 bits per heavy atom. The summed E-state index contributed by atoms with van der Waals surface area (Å²) < 4.78 is 0. The maximum Gasteiger partial charge on any atom is 0.271 e. The molecule has 0 aliphatic rings. The Balaban J connectivity index is 1.62. The molecular formula is C20H21N5O. The maximum atomic E-state index is 12.2. The van der Waals surface area contributed by atoms with Crippen molar-refractivity contribution in [3.05, 3.63) is 84.1 Å². The van der Waals surface area contributed by atoms with E-state index >= 15 is 0 Å². The van der Waals surface area contributed by atoms with Crippen LogP contribution in [0.25, 0.3) is 0 Å². The summed E-state index contributed by atoms with van der Waals surface area (Å²) in [4.78, 5) is 27.2. The third-order valence-electron chi connectivity index (χ3n) is 3.95. The molecule has 132 valence electrons. The molecule has 2 heterocycles. The number of carbonyl (C=O) groups is 1. The van der Waals surface area contributed by atoms with Crippen LogP contribution in [0.1, 0.15) is 28.7 Å². The monoisotopic (exact) mass is 347 g/mol. The van der Waals surface area contributed by atoms with Crippen LogP contribution in [0.15, 0.2) is 67.1 Å². The summed E-state index contributed by atoms with van der Waals surface area (Å²) in [5, 5.41) is 2.80. The van der Waals surface area contributed by atoms with E-state index in [9.17, 15) is 4.79 Å². The van der Waals surface area contributed by atoms with E-state index in [4.69, 9.17) is 0 Å². The highest BCUT2D eigenvalue weighted by molar-refractivity contribution is 5.91. The Morgan fingerprint density at radius 1 is 1.00 bits per heavy atom. The van der Waals surface area contributed by atoms with Crippen LogP contribution in [0, 0.1) is 0 Å². The zero-order valence-electron chi connectivity index (χ0n) is 14.7. The van der Waals surface area contributed by atoms with Crippen molar-refractivity contribution in [2.75, 3.05) is 11.4 Å². The lowest BCUT2D eigenvalue weighted by Gasteiger charge is -2.21. The topological polar surface area (TPSA) is 71.0 Å².